The maximum Gasteiger partial charge on any atom is 0.239 e. The van der Waals surface area contributed by atoms with E-state index in [-0.39, 0.29) is 6.04 Å². The summed E-state index contributed by atoms with van der Waals surface area (Å²) in [4.78, 5) is 11.5. The van der Waals surface area contributed by atoms with Gasteiger partial charge in [-0.15, -0.1) is 0 Å². The van der Waals surface area contributed by atoms with Gasteiger partial charge in [0.2, 0.25) is 5.91 Å². The van der Waals surface area contributed by atoms with Crippen LogP contribution in [0.25, 0.3) is 0 Å². The van der Waals surface area contributed by atoms with Crippen LogP contribution in [0.4, 0.5) is 0 Å². The first kappa shape index (κ1) is 12.7. The van der Waals surface area contributed by atoms with Gasteiger partial charge < -0.3 is 15.2 Å². The van der Waals surface area contributed by atoms with Gasteiger partial charge in [-0.2, -0.15) is 0 Å². The zero-order chi connectivity index (χ0) is 13.1. The number of primary amides is 1. The fraction of sp³-hybridized carbons (Fsp3) is 0.462. The molecule has 0 aromatic heterocycles. The minimum atomic E-state index is -0.513. The molecule has 1 aliphatic rings. The van der Waals surface area contributed by atoms with Crippen molar-refractivity contribution in [1.82, 2.24) is 5.32 Å². The first-order valence-electron chi connectivity index (χ1n) is 6.03. The van der Waals surface area contributed by atoms with Crippen LogP contribution in [0.15, 0.2) is 18.2 Å². The monoisotopic (exact) mass is 250 g/mol. The molecule has 0 saturated heterocycles. The number of benzene rings is 1. The second-order valence-electron chi connectivity index (χ2n) is 4.56. The summed E-state index contributed by atoms with van der Waals surface area (Å²) < 4.78 is 10.9. The Balaban J connectivity index is 2.27. The van der Waals surface area contributed by atoms with Crippen LogP contribution < -0.4 is 20.5 Å². The van der Waals surface area contributed by atoms with Gasteiger partial charge in [-0.1, -0.05) is 6.07 Å². The average molecular weight is 250 g/mol. The van der Waals surface area contributed by atoms with Crippen LogP contribution in [0.2, 0.25) is 0 Å². The summed E-state index contributed by atoms with van der Waals surface area (Å²) in [7, 11) is 0. The van der Waals surface area contributed by atoms with E-state index in [0.717, 1.165) is 5.56 Å². The molecule has 3 N–H and O–H groups in total. The van der Waals surface area contributed by atoms with E-state index in [0.29, 0.717) is 24.7 Å². The van der Waals surface area contributed by atoms with Gasteiger partial charge >= 0.3 is 0 Å². The van der Waals surface area contributed by atoms with Crippen LogP contribution in [0.1, 0.15) is 25.5 Å². The number of nitrogens with two attached hydrogens (primary N) is 1. The van der Waals surface area contributed by atoms with E-state index in [1.165, 1.54) is 0 Å². The summed E-state index contributed by atoms with van der Waals surface area (Å²) in [6.45, 7) is 5.01. The highest BCUT2D eigenvalue weighted by Gasteiger charge is 2.21. The van der Waals surface area contributed by atoms with E-state index in [1.54, 1.807) is 6.07 Å². The molecule has 98 valence electrons. The van der Waals surface area contributed by atoms with E-state index >= 15 is 0 Å². The van der Waals surface area contributed by atoms with E-state index in [2.05, 4.69) is 5.32 Å². The Kier molecular flexibility index (Phi) is 3.72. The molecule has 0 spiro atoms. The lowest BCUT2D eigenvalue weighted by Gasteiger charge is -2.22. The number of amides is 1. The summed E-state index contributed by atoms with van der Waals surface area (Å²) in [5, 5.41) is 3.13. The third kappa shape index (κ3) is 2.73. The smallest absolute Gasteiger partial charge is 0.239 e. The van der Waals surface area contributed by atoms with Crippen molar-refractivity contribution in [1.29, 1.82) is 0 Å². The fourth-order valence-electron chi connectivity index (χ4n) is 1.92. The fourth-order valence-corrected chi connectivity index (χ4v) is 1.92. The van der Waals surface area contributed by atoms with Gasteiger partial charge in [0.1, 0.15) is 19.3 Å². The Morgan fingerprint density at radius 3 is 2.56 bits per heavy atom. The van der Waals surface area contributed by atoms with Gasteiger partial charge in [0.15, 0.2) is 11.5 Å². The van der Waals surface area contributed by atoms with Crippen molar-refractivity contribution in [2.45, 2.75) is 25.9 Å². The van der Waals surface area contributed by atoms with Gasteiger partial charge in [-0.3, -0.25) is 10.1 Å². The largest absolute Gasteiger partial charge is 0.486 e. The van der Waals surface area contributed by atoms with E-state index in [9.17, 15) is 4.79 Å². The molecule has 2 rings (SSSR count). The summed E-state index contributed by atoms with van der Waals surface area (Å²) in [5.41, 5.74) is 6.21. The molecule has 5 nitrogen and oxygen atoms in total. The van der Waals surface area contributed by atoms with Crippen molar-refractivity contribution in [3.63, 3.8) is 0 Å². The lowest BCUT2D eigenvalue weighted by molar-refractivity contribution is -0.120. The molecule has 0 aliphatic carbocycles. The molecule has 1 unspecified atom stereocenters. The second-order valence-corrected chi connectivity index (χ2v) is 4.56. The summed E-state index contributed by atoms with van der Waals surface area (Å²) >= 11 is 0. The van der Waals surface area contributed by atoms with Gasteiger partial charge in [0.25, 0.3) is 0 Å². The number of hydrogen-bond donors (Lipinski definition) is 2. The average Bonchev–Trinajstić information content (AvgIpc) is 2.35. The highest BCUT2D eigenvalue weighted by molar-refractivity contribution is 5.81. The van der Waals surface area contributed by atoms with E-state index in [4.69, 9.17) is 15.2 Å². The van der Waals surface area contributed by atoms with Gasteiger partial charge in [0.05, 0.1) is 0 Å². The summed E-state index contributed by atoms with van der Waals surface area (Å²) in [5.74, 6) is 0.966. The first-order valence-corrected chi connectivity index (χ1v) is 6.03. The normalized spacial score (nSPS) is 15.5. The SMILES string of the molecule is CC(C)NC(C(N)=O)c1ccc2c(c1)OCCO2. The first-order chi connectivity index (χ1) is 8.58. The topological polar surface area (TPSA) is 73.6 Å². The van der Waals surface area contributed by atoms with Crippen LogP contribution in [-0.2, 0) is 4.79 Å². The molecule has 1 aliphatic heterocycles. The number of rotatable bonds is 4. The third-order valence-electron chi connectivity index (χ3n) is 2.68. The number of hydrogen-bond acceptors (Lipinski definition) is 4. The standard InChI is InChI=1S/C13H18N2O3/c1-8(2)15-12(13(14)16)9-3-4-10-11(7-9)18-6-5-17-10/h3-4,7-8,12,15H,5-6H2,1-2H3,(H2,14,16). The molecule has 1 amide bonds. The molecule has 0 bridgehead atoms. The van der Waals surface area contributed by atoms with Crippen molar-refractivity contribution in [2.24, 2.45) is 5.73 Å². The molecular weight excluding hydrogens is 232 g/mol. The maximum atomic E-state index is 11.5. The molecule has 1 aromatic rings. The van der Waals surface area contributed by atoms with Crippen LogP contribution in [0.5, 0.6) is 11.5 Å². The molecule has 0 fully saturated rings. The van der Waals surface area contributed by atoms with Crippen molar-refractivity contribution in [3.05, 3.63) is 23.8 Å². The third-order valence-corrected chi connectivity index (χ3v) is 2.68. The second kappa shape index (κ2) is 5.27. The molecule has 5 heteroatoms. The van der Waals surface area contributed by atoms with Gasteiger partial charge in [-0.05, 0) is 31.5 Å². The number of ether oxygens (including phenoxy) is 2. The van der Waals surface area contributed by atoms with Crippen molar-refractivity contribution in [2.75, 3.05) is 13.2 Å². The maximum absolute atomic E-state index is 11.5. The molecular formula is C13H18N2O3. The van der Waals surface area contributed by atoms with Crippen LogP contribution in [0.3, 0.4) is 0 Å². The number of nitrogens with one attached hydrogen (secondary N) is 1. The zero-order valence-electron chi connectivity index (χ0n) is 10.6. The zero-order valence-corrected chi connectivity index (χ0v) is 10.6. The van der Waals surface area contributed by atoms with E-state index < -0.39 is 11.9 Å². The lowest BCUT2D eigenvalue weighted by Crippen LogP contribution is -2.37. The van der Waals surface area contributed by atoms with E-state index in [1.807, 2.05) is 26.0 Å². The summed E-state index contributed by atoms with van der Waals surface area (Å²) in [6.07, 6.45) is 0. The number of fused-ring (bicyclic) bond motifs is 1. The van der Waals surface area contributed by atoms with Gasteiger partial charge in [0, 0.05) is 6.04 Å². The minimum absolute atomic E-state index is 0.163. The number of carbonyl (C=O) groups is 1. The molecule has 18 heavy (non-hydrogen) atoms. The molecule has 0 radical (unpaired) electrons. The molecule has 1 heterocycles. The number of carbonyl (C=O) groups excluding carboxylic acids is 1. The summed E-state index contributed by atoms with van der Waals surface area (Å²) in [6, 6.07) is 5.09. The molecule has 1 atom stereocenters. The Labute approximate surface area is 106 Å². The predicted octanol–water partition coefficient (Wildman–Crippen LogP) is 0.982. The Bertz CT molecular complexity index is 446. The molecule has 1 aromatic carbocycles. The van der Waals surface area contributed by atoms with Gasteiger partial charge in [-0.25, -0.2) is 0 Å². The Morgan fingerprint density at radius 2 is 1.94 bits per heavy atom. The van der Waals surface area contributed by atoms with Crippen LogP contribution in [0, 0.1) is 0 Å². The molecule has 0 saturated carbocycles. The van der Waals surface area contributed by atoms with Crippen molar-refractivity contribution in [3.8, 4) is 11.5 Å². The highest BCUT2D eigenvalue weighted by atomic mass is 16.6. The Morgan fingerprint density at radius 1 is 1.28 bits per heavy atom. The Hall–Kier alpha value is -1.75. The van der Waals surface area contributed by atoms with Crippen molar-refractivity contribution < 1.29 is 14.3 Å². The van der Waals surface area contributed by atoms with Crippen LogP contribution >= 0.6 is 0 Å². The highest BCUT2D eigenvalue weighted by Crippen LogP contribution is 2.32. The quantitative estimate of drug-likeness (QED) is 0.835. The van der Waals surface area contributed by atoms with Crippen LogP contribution in [-0.4, -0.2) is 25.2 Å². The minimum Gasteiger partial charge on any atom is -0.486 e. The predicted molar refractivity (Wildman–Crippen MR) is 67.6 cm³/mol. The van der Waals surface area contributed by atoms with Crippen molar-refractivity contribution >= 4 is 5.91 Å². The lowest BCUT2D eigenvalue weighted by atomic mass is 10.0.